The maximum Gasteiger partial charge on any atom is 0.304 e. The zero-order valence-electron chi connectivity index (χ0n) is 52.5. The first kappa shape index (κ1) is 72.4. The van der Waals surface area contributed by atoms with Gasteiger partial charge in [0.15, 0.2) is 5.78 Å². The number of unbranched alkanes of at least 4 members (excludes halogenated alkanes) is 1. The molecular weight excluding hydrogens is 1280 g/mol. The van der Waals surface area contributed by atoms with Gasteiger partial charge in [-0.05, 0) is 97.4 Å². The summed E-state index contributed by atoms with van der Waals surface area (Å²) in [7, 11) is 0. The average Bonchev–Trinajstić information content (AvgIpc) is 1.65. The highest BCUT2D eigenvalue weighted by Crippen LogP contribution is 2.26. The van der Waals surface area contributed by atoms with Crippen molar-refractivity contribution in [2.75, 3.05) is 42.6 Å². The number of benzene rings is 3. The number of carbonyl (C=O) groups excluding carboxylic acids is 10. The van der Waals surface area contributed by atoms with Crippen molar-refractivity contribution in [1.82, 2.24) is 56.7 Å². The van der Waals surface area contributed by atoms with E-state index in [-0.39, 0.29) is 80.0 Å². The monoisotopic (exact) mass is 1360 g/mol. The molecule has 8 atom stereocenters. The molecule has 0 unspecified atom stereocenters. The standard InChI is InChI=1S/C66H79F2N13O13S2/c67-42-10-14-49-47(28-42)40(31-72-49)24-51-57(84)26-39(27-59(86)87)62(90)78-53(30-44-33-71-36-75-44)64(92)79-54(22-37-8-12-45(82)13-9-37)66(94)81-18-5-7-56(81)65(93)80-55(60(70)88)35-96-20-4-3-19-95-21-16-46(83)23-38(6-1-2-17-69)61(89)74-34-58(85)76-52(63(91)77-51)25-41-32-73-50-15-11-43(68)29-48(41)50/h3-4,8-15,28-29,31-33,36,38-39,51-56,72-73,82H,1-2,5-7,16-27,30,34-35,69H2,(H2,70,88)(H,71,75)(H,74,89)(H,76,85)(H,77,91)(H,78,90)(H,79,92)(H,80,93)(H,86,87)/t38-,39+,51+,52+,53+,54+,55+,56+/m1/s1. The summed E-state index contributed by atoms with van der Waals surface area (Å²) in [4.78, 5) is 170. The van der Waals surface area contributed by atoms with Gasteiger partial charge in [0.2, 0.25) is 47.3 Å². The van der Waals surface area contributed by atoms with E-state index in [0.29, 0.717) is 76.0 Å². The Morgan fingerprint density at radius 3 is 1.95 bits per heavy atom. The zero-order valence-corrected chi connectivity index (χ0v) is 54.1. The number of carbonyl (C=O) groups is 11. The number of thioether (sulfide) groups is 2. The van der Waals surface area contributed by atoms with E-state index in [4.69, 9.17) is 11.5 Å². The summed E-state index contributed by atoms with van der Waals surface area (Å²) in [5.41, 5.74) is 13.8. The van der Waals surface area contributed by atoms with Crippen LogP contribution >= 0.6 is 23.5 Å². The van der Waals surface area contributed by atoms with E-state index in [1.54, 1.807) is 0 Å². The minimum absolute atomic E-state index is 0.0528. The molecule has 0 saturated carbocycles. The Labute approximate surface area is 559 Å². The van der Waals surface area contributed by atoms with Gasteiger partial charge in [-0.3, -0.25) is 52.7 Å². The number of aromatic hydroxyl groups is 1. The molecule has 512 valence electrons. The Balaban J connectivity index is 1.13. The van der Waals surface area contributed by atoms with Gasteiger partial charge >= 0.3 is 5.97 Å². The van der Waals surface area contributed by atoms with E-state index >= 15 is 9.59 Å². The average molecular weight is 1360 g/mol. The van der Waals surface area contributed by atoms with Crippen molar-refractivity contribution < 1.29 is 71.7 Å². The molecule has 2 aliphatic heterocycles. The van der Waals surface area contributed by atoms with Gasteiger partial charge in [-0.1, -0.05) is 30.7 Å². The number of phenols is 1. The van der Waals surface area contributed by atoms with E-state index in [1.165, 1.54) is 114 Å². The lowest BCUT2D eigenvalue weighted by molar-refractivity contribution is -0.143. The van der Waals surface area contributed by atoms with E-state index in [2.05, 4.69) is 51.8 Å². The first-order chi connectivity index (χ1) is 46.1. The third kappa shape index (κ3) is 21.0. The van der Waals surface area contributed by atoms with E-state index < -0.39 is 145 Å². The number of hydrogen-bond acceptors (Lipinski definition) is 16. The summed E-state index contributed by atoms with van der Waals surface area (Å²) >= 11 is 2.77. The van der Waals surface area contributed by atoms with Crippen LogP contribution in [-0.4, -0.2) is 179 Å². The summed E-state index contributed by atoms with van der Waals surface area (Å²) in [6, 6.07) is 4.83. The van der Waals surface area contributed by atoms with Gasteiger partial charge < -0.3 is 73.4 Å². The summed E-state index contributed by atoms with van der Waals surface area (Å²) in [6.07, 6.45) is 7.94. The number of hydrogen-bond donors (Lipinski definition) is 13. The highest BCUT2D eigenvalue weighted by atomic mass is 32.2. The number of aliphatic carboxylic acids is 1. The number of aromatic nitrogens is 4. The van der Waals surface area contributed by atoms with E-state index in [1.807, 2.05) is 12.2 Å². The summed E-state index contributed by atoms with van der Waals surface area (Å²) in [6.45, 7) is -0.305. The van der Waals surface area contributed by atoms with Crippen LogP contribution in [-0.2, 0) is 78.4 Å². The second-order valence-corrected chi connectivity index (χ2v) is 26.0. The largest absolute Gasteiger partial charge is 0.508 e. The molecular formula is C66H79F2N13O13S2. The van der Waals surface area contributed by atoms with Crippen LogP contribution in [0, 0.1) is 23.5 Å². The lowest BCUT2D eigenvalue weighted by atomic mass is 9.91. The summed E-state index contributed by atoms with van der Waals surface area (Å²) in [5, 5.41) is 37.0. The predicted molar refractivity (Wildman–Crippen MR) is 354 cm³/mol. The number of nitrogens with zero attached hydrogens (tertiary/aromatic N) is 2. The van der Waals surface area contributed by atoms with Gasteiger partial charge in [-0.15, -0.1) is 0 Å². The van der Waals surface area contributed by atoms with Gasteiger partial charge in [-0.25, -0.2) is 13.8 Å². The number of rotatable bonds is 15. The van der Waals surface area contributed by atoms with Crippen molar-refractivity contribution in [3.63, 3.8) is 0 Å². The molecule has 3 aromatic heterocycles. The minimum Gasteiger partial charge on any atom is -0.508 e. The van der Waals surface area contributed by atoms with Crippen LogP contribution < -0.4 is 43.4 Å². The normalized spacial score (nSPS) is 22.8. The number of carboxylic acids is 1. The van der Waals surface area contributed by atoms with E-state index in [9.17, 15) is 62.1 Å². The molecule has 8 rings (SSSR count). The number of Topliss-reactive ketones (excluding diaryl/α,β-unsaturated/α-hetero) is 2. The van der Waals surface area contributed by atoms with Crippen molar-refractivity contribution in [2.24, 2.45) is 23.3 Å². The lowest BCUT2D eigenvalue weighted by Crippen LogP contribution is -2.59. The lowest BCUT2D eigenvalue weighted by Gasteiger charge is -2.31. The number of amides is 8. The number of primary amides is 1. The second-order valence-electron chi connectivity index (χ2n) is 23.8. The Hall–Kier alpha value is -9.42. The zero-order chi connectivity index (χ0) is 68.8. The fraction of sp³-hybridized carbons (Fsp3) is 0.424. The predicted octanol–water partition coefficient (Wildman–Crippen LogP) is 2.82. The number of ketones is 2. The number of fused-ring (bicyclic) bond motifs is 3. The molecule has 0 bridgehead atoms. The topological polar surface area (TPSA) is 416 Å². The first-order valence-corrected chi connectivity index (χ1v) is 33.8. The number of carboxylic acid groups (broad SMARTS) is 1. The number of imidazole rings is 1. The Morgan fingerprint density at radius 1 is 0.677 bits per heavy atom. The van der Waals surface area contributed by atoms with Crippen LogP contribution in [0.2, 0.25) is 0 Å². The first-order valence-electron chi connectivity index (χ1n) is 31.5. The number of halogens is 2. The Kier molecular flexibility index (Phi) is 26.7. The SMILES string of the molecule is NCCCC[C@@H]1CC(=O)CCSCC=CCSC[C@@H](C(N)=O)NC(=O)[C@@H]2CCCN2C(=O)[C@H](Cc2ccc(O)cc2)NC(=O)[C@H](Cc2cnc[nH]2)NC(=O)[C@H](CC(=O)O)CC(=O)[C@H](Cc2c[nH]c3ccc(F)cc23)NC(=O)[C@H](Cc2c[nH]c3ccc(F)cc23)NC(=O)CNC1=O. The van der Waals surface area contributed by atoms with Crippen LogP contribution in [0.5, 0.6) is 5.75 Å². The van der Waals surface area contributed by atoms with Crippen LogP contribution in [0.1, 0.15) is 80.2 Å². The van der Waals surface area contributed by atoms with Crippen molar-refractivity contribution in [3.8, 4) is 5.75 Å². The molecule has 15 N–H and O–H groups in total. The minimum atomic E-state index is -1.78. The number of H-pyrrole nitrogens is 3. The molecule has 5 heterocycles. The fourth-order valence-electron chi connectivity index (χ4n) is 11.6. The molecule has 8 amide bonds. The van der Waals surface area contributed by atoms with Gasteiger partial charge in [0.25, 0.3) is 0 Å². The molecule has 6 aromatic rings. The smallest absolute Gasteiger partial charge is 0.304 e. The van der Waals surface area contributed by atoms with Gasteiger partial charge in [0.05, 0.1) is 31.3 Å². The number of phenolic OH excluding ortho intramolecular Hbond substituents is 1. The Morgan fingerprint density at radius 2 is 1.31 bits per heavy atom. The van der Waals surface area contributed by atoms with Crippen LogP contribution in [0.3, 0.4) is 0 Å². The number of nitrogens with two attached hydrogens (primary N) is 2. The molecule has 2 aliphatic rings. The van der Waals surface area contributed by atoms with Gasteiger partial charge in [-0.2, -0.15) is 23.5 Å². The van der Waals surface area contributed by atoms with Crippen LogP contribution in [0.25, 0.3) is 21.8 Å². The Bertz CT molecular complexity index is 3790. The molecule has 96 heavy (non-hydrogen) atoms. The van der Waals surface area contributed by atoms with Crippen molar-refractivity contribution in [3.05, 3.63) is 132 Å². The van der Waals surface area contributed by atoms with Gasteiger partial charge in [0, 0.05) is 127 Å². The molecule has 30 heteroatoms. The van der Waals surface area contributed by atoms with Crippen LogP contribution in [0.15, 0.2) is 97.7 Å². The maximum atomic E-state index is 15.1. The molecule has 0 spiro atoms. The van der Waals surface area contributed by atoms with Gasteiger partial charge in [0.1, 0.15) is 53.4 Å². The van der Waals surface area contributed by atoms with Crippen molar-refractivity contribution in [1.29, 1.82) is 0 Å². The highest BCUT2D eigenvalue weighted by Gasteiger charge is 2.41. The number of nitrogens with one attached hydrogen (secondary N) is 9. The van der Waals surface area contributed by atoms with Crippen LogP contribution in [0.4, 0.5) is 8.78 Å². The van der Waals surface area contributed by atoms with E-state index in [0.717, 1.165) is 0 Å². The quantitative estimate of drug-likeness (QED) is 0.0519. The maximum absolute atomic E-state index is 15.1. The summed E-state index contributed by atoms with van der Waals surface area (Å²) < 4.78 is 29.7. The highest BCUT2D eigenvalue weighted by molar-refractivity contribution is 7.99. The second kappa shape index (κ2) is 35.4. The molecule has 1 fully saturated rings. The molecule has 0 radical (unpaired) electrons. The molecule has 3 aromatic carbocycles. The fourth-order valence-corrected chi connectivity index (χ4v) is 13.3. The van der Waals surface area contributed by atoms with Crippen molar-refractivity contribution >= 4 is 110 Å². The summed E-state index contributed by atoms with van der Waals surface area (Å²) in [5.74, 6) is -12.1. The molecule has 0 aliphatic carbocycles. The third-order valence-electron chi connectivity index (χ3n) is 16.7. The third-order valence-corrected chi connectivity index (χ3v) is 18.6. The number of aromatic amines is 3. The van der Waals surface area contributed by atoms with Crippen molar-refractivity contribution in [2.45, 2.75) is 120 Å². The molecule has 1 saturated heterocycles. The molecule has 26 nitrogen and oxygen atoms in total.